The van der Waals surface area contributed by atoms with E-state index in [-0.39, 0.29) is 11.2 Å². The standard InChI is InChI=1S/C18H25FN4S/c1-18(2,3)15-12-24-16(23-15)9-10-21-17(20-4)22-11-13-5-7-14(19)8-6-13/h5-8,12H,9-11H2,1-4H3,(H2,20,21,22). The molecule has 0 aliphatic rings. The maximum absolute atomic E-state index is 12.9. The lowest BCUT2D eigenvalue weighted by molar-refractivity contribution is 0.570. The smallest absolute Gasteiger partial charge is 0.191 e. The van der Waals surface area contributed by atoms with Crippen molar-refractivity contribution in [3.8, 4) is 0 Å². The van der Waals surface area contributed by atoms with Gasteiger partial charge in [0.2, 0.25) is 0 Å². The van der Waals surface area contributed by atoms with E-state index in [0.717, 1.165) is 35.2 Å². The summed E-state index contributed by atoms with van der Waals surface area (Å²) in [7, 11) is 1.74. The minimum absolute atomic E-state index is 0.0922. The molecule has 6 heteroatoms. The van der Waals surface area contributed by atoms with Gasteiger partial charge in [0.15, 0.2) is 5.96 Å². The van der Waals surface area contributed by atoms with Gasteiger partial charge in [-0.2, -0.15) is 0 Å². The molecule has 0 atom stereocenters. The van der Waals surface area contributed by atoms with Crippen molar-refractivity contribution in [3.05, 3.63) is 51.7 Å². The van der Waals surface area contributed by atoms with Crippen molar-refractivity contribution >= 4 is 17.3 Å². The first-order valence-electron chi connectivity index (χ1n) is 8.02. The van der Waals surface area contributed by atoms with Crippen molar-refractivity contribution < 1.29 is 4.39 Å². The van der Waals surface area contributed by atoms with Crippen molar-refractivity contribution in [1.82, 2.24) is 15.6 Å². The predicted molar refractivity (Wildman–Crippen MR) is 99.1 cm³/mol. The number of halogens is 1. The van der Waals surface area contributed by atoms with Crippen molar-refractivity contribution in [2.75, 3.05) is 13.6 Å². The largest absolute Gasteiger partial charge is 0.356 e. The molecular weight excluding hydrogens is 323 g/mol. The number of benzene rings is 1. The van der Waals surface area contributed by atoms with E-state index in [1.54, 1.807) is 30.5 Å². The first-order chi connectivity index (χ1) is 11.4. The van der Waals surface area contributed by atoms with Crippen LogP contribution in [0.2, 0.25) is 0 Å². The van der Waals surface area contributed by atoms with Gasteiger partial charge in [0.25, 0.3) is 0 Å². The summed E-state index contributed by atoms with van der Waals surface area (Å²) in [5.41, 5.74) is 2.24. The zero-order valence-electron chi connectivity index (χ0n) is 14.7. The number of nitrogens with zero attached hydrogens (tertiary/aromatic N) is 2. The van der Waals surface area contributed by atoms with Crippen LogP contribution in [0.5, 0.6) is 0 Å². The van der Waals surface area contributed by atoms with Crippen molar-refractivity contribution in [2.24, 2.45) is 4.99 Å². The maximum atomic E-state index is 12.9. The molecule has 0 fully saturated rings. The molecule has 0 radical (unpaired) electrons. The summed E-state index contributed by atoms with van der Waals surface area (Å²) >= 11 is 1.70. The molecule has 0 aliphatic heterocycles. The van der Waals surface area contributed by atoms with E-state index in [1.807, 2.05) is 0 Å². The Morgan fingerprint density at radius 2 is 1.92 bits per heavy atom. The molecule has 0 aliphatic carbocycles. The van der Waals surface area contributed by atoms with Crippen LogP contribution in [0.15, 0.2) is 34.6 Å². The van der Waals surface area contributed by atoms with E-state index in [0.29, 0.717) is 6.54 Å². The van der Waals surface area contributed by atoms with Crippen LogP contribution < -0.4 is 10.6 Å². The van der Waals surface area contributed by atoms with Crippen LogP contribution >= 0.6 is 11.3 Å². The summed E-state index contributed by atoms with van der Waals surface area (Å²) in [5.74, 6) is 0.506. The van der Waals surface area contributed by atoms with Crippen LogP contribution in [0.3, 0.4) is 0 Å². The highest BCUT2D eigenvalue weighted by molar-refractivity contribution is 7.09. The lowest BCUT2D eigenvalue weighted by atomic mass is 9.93. The van der Waals surface area contributed by atoms with Crippen molar-refractivity contribution in [3.63, 3.8) is 0 Å². The lowest BCUT2D eigenvalue weighted by Gasteiger charge is -2.14. The minimum Gasteiger partial charge on any atom is -0.356 e. The Hall–Kier alpha value is -1.95. The number of aliphatic imine (C=N–C) groups is 1. The van der Waals surface area contributed by atoms with Gasteiger partial charge >= 0.3 is 0 Å². The number of aromatic nitrogens is 1. The van der Waals surface area contributed by atoms with E-state index in [1.165, 1.54) is 12.1 Å². The fourth-order valence-electron chi connectivity index (χ4n) is 2.07. The summed E-state index contributed by atoms with van der Waals surface area (Å²) in [6.45, 7) is 7.88. The van der Waals surface area contributed by atoms with Gasteiger partial charge in [-0.1, -0.05) is 32.9 Å². The normalized spacial score (nSPS) is 12.3. The molecule has 0 bridgehead atoms. The van der Waals surface area contributed by atoms with Crippen LogP contribution in [-0.2, 0) is 18.4 Å². The monoisotopic (exact) mass is 348 g/mol. The van der Waals surface area contributed by atoms with Crippen molar-refractivity contribution in [1.29, 1.82) is 0 Å². The molecule has 2 aromatic rings. The first kappa shape index (κ1) is 18.4. The van der Waals surface area contributed by atoms with Gasteiger partial charge < -0.3 is 10.6 Å². The first-order valence-corrected chi connectivity index (χ1v) is 8.90. The van der Waals surface area contributed by atoms with Crippen LogP contribution in [0.25, 0.3) is 0 Å². The molecule has 0 saturated heterocycles. The summed E-state index contributed by atoms with van der Waals surface area (Å²) in [6.07, 6.45) is 0.859. The average Bonchev–Trinajstić information content (AvgIpc) is 3.01. The van der Waals surface area contributed by atoms with Gasteiger partial charge in [0, 0.05) is 37.4 Å². The second-order valence-corrected chi connectivity index (χ2v) is 7.55. The number of hydrogen-bond acceptors (Lipinski definition) is 3. The Kier molecular flexibility index (Phi) is 6.31. The fourth-order valence-corrected chi connectivity index (χ4v) is 3.09. The zero-order valence-corrected chi connectivity index (χ0v) is 15.5. The van der Waals surface area contributed by atoms with E-state index in [4.69, 9.17) is 0 Å². The fraction of sp³-hybridized carbons (Fsp3) is 0.444. The van der Waals surface area contributed by atoms with Gasteiger partial charge in [0.1, 0.15) is 5.82 Å². The van der Waals surface area contributed by atoms with Gasteiger partial charge in [-0.15, -0.1) is 11.3 Å². The van der Waals surface area contributed by atoms with Crippen LogP contribution in [0.1, 0.15) is 37.0 Å². The molecule has 0 saturated carbocycles. The second-order valence-electron chi connectivity index (χ2n) is 6.61. The van der Waals surface area contributed by atoms with E-state index in [9.17, 15) is 4.39 Å². The Balaban J connectivity index is 1.77. The molecule has 130 valence electrons. The Labute approximate surface area is 147 Å². The Morgan fingerprint density at radius 1 is 1.21 bits per heavy atom. The van der Waals surface area contributed by atoms with Crippen LogP contribution in [0.4, 0.5) is 4.39 Å². The molecule has 1 aromatic carbocycles. The van der Waals surface area contributed by atoms with Crippen LogP contribution in [0, 0.1) is 5.82 Å². The summed E-state index contributed by atoms with van der Waals surface area (Å²) in [4.78, 5) is 8.89. The highest BCUT2D eigenvalue weighted by Crippen LogP contribution is 2.23. The Bertz CT molecular complexity index is 671. The molecule has 0 unspecified atom stereocenters. The average molecular weight is 348 g/mol. The quantitative estimate of drug-likeness (QED) is 0.642. The number of guanidine groups is 1. The highest BCUT2D eigenvalue weighted by Gasteiger charge is 2.17. The third-order valence-corrected chi connectivity index (χ3v) is 4.46. The highest BCUT2D eigenvalue weighted by atomic mass is 32.1. The predicted octanol–water partition coefficient (Wildman–Crippen LogP) is 3.49. The molecule has 24 heavy (non-hydrogen) atoms. The van der Waals surface area contributed by atoms with E-state index >= 15 is 0 Å². The van der Waals surface area contributed by atoms with Gasteiger partial charge in [0.05, 0.1) is 10.7 Å². The molecule has 1 heterocycles. The van der Waals surface area contributed by atoms with Gasteiger partial charge in [-0.3, -0.25) is 4.99 Å². The molecule has 2 N–H and O–H groups in total. The van der Waals surface area contributed by atoms with Gasteiger partial charge in [-0.25, -0.2) is 9.37 Å². The summed E-state index contributed by atoms with van der Waals surface area (Å²) in [6, 6.07) is 6.45. The number of hydrogen-bond donors (Lipinski definition) is 2. The molecular formula is C18H25FN4S. The second kappa shape index (κ2) is 8.24. The molecule has 4 nitrogen and oxygen atoms in total. The SMILES string of the molecule is CN=C(NCCc1nc(C(C)(C)C)cs1)NCc1ccc(F)cc1. The number of thiazole rings is 1. The lowest BCUT2D eigenvalue weighted by Crippen LogP contribution is -2.37. The van der Waals surface area contributed by atoms with E-state index in [2.05, 4.69) is 46.8 Å². The molecule has 0 spiro atoms. The molecule has 2 rings (SSSR count). The van der Waals surface area contributed by atoms with Gasteiger partial charge in [-0.05, 0) is 17.7 Å². The molecule has 0 amide bonds. The maximum Gasteiger partial charge on any atom is 0.191 e. The third kappa shape index (κ3) is 5.60. The zero-order chi connectivity index (χ0) is 17.6. The van der Waals surface area contributed by atoms with Crippen molar-refractivity contribution in [2.45, 2.75) is 39.2 Å². The molecule has 1 aromatic heterocycles. The topological polar surface area (TPSA) is 49.3 Å². The summed E-state index contributed by atoms with van der Waals surface area (Å²) in [5, 5.41) is 9.76. The minimum atomic E-state index is -0.223. The third-order valence-electron chi connectivity index (χ3n) is 3.55. The Morgan fingerprint density at radius 3 is 2.50 bits per heavy atom. The summed E-state index contributed by atoms with van der Waals surface area (Å²) < 4.78 is 12.9. The number of nitrogens with one attached hydrogen (secondary N) is 2. The van der Waals surface area contributed by atoms with Crippen LogP contribution in [-0.4, -0.2) is 24.5 Å². The number of rotatable bonds is 5. The van der Waals surface area contributed by atoms with E-state index < -0.39 is 0 Å².